The van der Waals surface area contributed by atoms with Gasteiger partial charge in [0.1, 0.15) is 17.8 Å². The van der Waals surface area contributed by atoms with Crippen molar-refractivity contribution in [3.8, 4) is 0 Å². The average molecular weight is 810 g/mol. The molecule has 4 aliphatic carbocycles. The molecule has 4 saturated carbocycles. The highest BCUT2D eigenvalue weighted by molar-refractivity contribution is 5.79. The van der Waals surface area contributed by atoms with Crippen molar-refractivity contribution in [2.75, 3.05) is 13.1 Å². The third-order valence-electron chi connectivity index (χ3n) is 16.1. The van der Waals surface area contributed by atoms with Crippen LogP contribution in [-0.2, 0) is 42.9 Å². The smallest absolute Gasteiger partial charge is 0.341 e. The number of hydrogen-bond acceptors (Lipinski definition) is 16. The van der Waals surface area contributed by atoms with E-state index in [1.54, 1.807) is 20.8 Å². The summed E-state index contributed by atoms with van der Waals surface area (Å²) in [4.78, 5) is 55.6. The second-order valence-corrected chi connectivity index (χ2v) is 19.4. The van der Waals surface area contributed by atoms with Gasteiger partial charge in [-0.15, -0.1) is 0 Å². The van der Waals surface area contributed by atoms with Crippen molar-refractivity contribution in [3.63, 3.8) is 0 Å². The van der Waals surface area contributed by atoms with Gasteiger partial charge in [-0.3, -0.25) is 19.3 Å². The predicted octanol–water partition coefficient (Wildman–Crippen LogP) is 0.578. The number of carbonyl (C=O) groups excluding carboxylic acids is 4. The van der Waals surface area contributed by atoms with E-state index in [0.29, 0.717) is 31.8 Å². The van der Waals surface area contributed by atoms with Gasteiger partial charge in [0.15, 0.2) is 17.8 Å². The van der Waals surface area contributed by atoms with Gasteiger partial charge in [0.05, 0.1) is 41.2 Å². The zero-order valence-electron chi connectivity index (χ0n) is 34.5. The maximum absolute atomic E-state index is 13.9. The number of nitrogens with zero attached hydrogens (tertiary/aromatic N) is 1. The fraction of sp³-hybridized carbons (Fsp3) is 0.902. The van der Waals surface area contributed by atoms with Crippen LogP contribution in [0.15, 0.2) is 0 Å². The van der Waals surface area contributed by atoms with Gasteiger partial charge in [-0.1, -0.05) is 27.7 Å². The van der Waals surface area contributed by atoms with Gasteiger partial charge < -0.3 is 54.3 Å². The summed E-state index contributed by atoms with van der Waals surface area (Å²) in [5, 5.41) is 73.2. The molecule has 322 valence electrons. The molecule has 0 aromatic carbocycles. The van der Waals surface area contributed by atoms with Gasteiger partial charge in [0, 0.05) is 44.3 Å². The minimum Gasteiger partial charge on any atom is -0.458 e. The lowest BCUT2D eigenvalue weighted by Gasteiger charge is -2.64. The fourth-order valence-corrected chi connectivity index (χ4v) is 13.1. The van der Waals surface area contributed by atoms with Crippen molar-refractivity contribution < 1.29 is 73.5 Å². The zero-order valence-corrected chi connectivity index (χ0v) is 34.5. The molecule has 0 amide bonds. The Balaban J connectivity index is 1.45. The Bertz CT molecular complexity index is 1650. The van der Waals surface area contributed by atoms with E-state index in [1.807, 2.05) is 6.92 Å². The van der Waals surface area contributed by atoms with Gasteiger partial charge in [-0.2, -0.15) is 0 Å². The quantitative estimate of drug-likeness (QED) is 0.145. The van der Waals surface area contributed by atoms with Crippen molar-refractivity contribution >= 4 is 23.9 Å². The van der Waals surface area contributed by atoms with Crippen molar-refractivity contribution in [2.24, 2.45) is 46.8 Å². The van der Waals surface area contributed by atoms with E-state index in [2.05, 4.69) is 11.8 Å². The van der Waals surface area contributed by atoms with Crippen molar-refractivity contribution in [3.05, 3.63) is 0 Å². The zero-order chi connectivity index (χ0) is 42.2. The molecule has 3 saturated heterocycles. The largest absolute Gasteiger partial charge is 0.458 e. The molecule has 0 aromatic rings. The molecule has 3 aliphatic heterocycles. The van der Waals surface area contributed by atoms with Crippen LogP contribution in [0, 0.1) is 46.8 Å². The van der Waals surface area contributed by atoms with E-state index in [-0.39, 0.29) is 25.3 Å². The Labute approximate surface area is 333 Å². The third kappa shape index (κ3) is 5.81. The maximum Gasteiger partial charge on any atom is 0.341 e. The lowest BCUT2D eigenvalue weighted by Crippen LogP contribution is -2.78. The average Bonchev–Trinajstić information content (AvgIpc) is 3.40. The second kappa shape index (κ2) is 13.8. The monoisotopic (exact) mass is 809 g/mol. The number of piperidine rings is 2. The predicted molar refractivity (Wildman–Crippen MR) is 196 cm³/mol. The number of rotatable bonds is 8. The Hall–Kier alpha value is -2.44. The first-order valence-corrected chi connectivity index (χ1v) is 20.8. The lowest BCUT2D eigenvalue weighted by molar-refractivity contribution is -0.301. The molecule has 1 spiro atoms. The van der Waals surface area contributed by atoms with Crippen LogP contribution >= 0.6 is 0 Å². The van der Waals surface area contributed by atoms with Gasteiger partial charge >= 0.3 is 23.9 Å². The summed E-state index contributed by atoms with van der Waals surface area (Å²) in [7, 11) is 0. The number of hydrogen-bond donors (Lipinski definition) is 6. The van der Waals surface area contributed by atoms with Crippen LogP contribution in [0.25, 0.3) is 0 Å². The summed E-state index contributed by atoms with van der Waals surface area (Å²) in [6.45, 7) is 14.7. The van der Waals surface area contributed by atoms with Crippen molar-refractivity contribution in [1.29, 1.82) is 0 Å². The van der Waals surface area contributed by atoms with Crippen LogP contribution < -0.4 is 0 Å². The van der Waals surface area contributed by atoms with Crippen LogP contribution in [0.2, 0.25) is 0 Å². The number of carbonyl (C=O) groups is 4. The normalized spacial score (nSPS) is 50.4. The molecule has 16 nitrogen and oxygen atoms in total. The molecule has 7 rings (SSSR count). The van der Waals surface area contributed by atoms with Crippen molar-refractivity contribution in [2.45, 2.75) is 172 Å². The summed E-state index contributed by atoms with van der Waals surface area (Å²) in [5.41, 5.74) is -9.03. The lowest BCUT2D eigenvalue weighted by atomic mass is 9.48. The molecule has 0 unspecified atom stereocenters. The summed E-state index contributed by atoms with van der Waals surface area (Å²) < 4.78 is 31.1. The molecule has 16 heteroatoms. The van der Waals surface area contributed by atoms with Crippen molar-refractivity contribution in [1.82, 2.24) is 4.90 Å². The molecule has 20 atom stereocenters. The molecule has 4 bridgehead atoms. The molecular formula is C41H63NO15. The fourth-order valence-electron chi connectivity index (χ4n) is 13.1. The van der Waals surface area contributed by atoms with E-state index in [0.717, 1.165) is 27.2 Å². The highest BCUT2D eigenvalue weighted by Gasteiger charge is 2.90. The van der Waals surface area contributed by atoms with Crippen LogP contribution in [-0.4, -0.2) is 143 Å². The van der Waals surface area contributed by atoms with Gasteiger partial charge in [-0.25, -0.2) is 4.79 Å². The van der Waals surface area contributed by atoms with Crippen LogP contribution in [0.3, 0.4) is 0 Å². The first kappa shape index (κ1) is 42.7. The minimum atomic E-state index is -2.47. The van der Waals surface area contributed by atoms with E-state index >= 15 is 0 Å². The Morgan fingerprint density at radius 2 is 1.54 bits per heavy atom. The molecule has 57 heavy (non-hydrogen) atoms. The van der Waals surface area contributed by atoms with E-state index in [4.69, 9.17) is 23.7 Å². The van der Waals surface area contributed by atoms with Crippen LogP contribution in [0.5, 0.6) is 0 Å². The highest BCUT2D eigenvalue weighted by atomic mass is 16.7. The van der Waals surface area contributed by atoms with E-state index in [1.165, 1.54) is 6.92 Å². The molecule has 7 fully saturated rings. The summed E-state index contributed by atoms with van der Waals surface area (Å²) >= 11 is 0. The highest BCUT2D eigenvalue weighted by Crippen LogP contribution is 2.78. The number of aliphatic hydroxyl groups excluding tert-OH is 2. The Kier molecular flexibility index (Phi) is 10.3. The third-order valence-corrected chi connectivity index (χ3v) is 16.1. The minimum absolute atomic E-state index is 0.0170. The van der Waals surface area contributed by atoms with Gasteiger partial charge in [0.25, 0.3) is 0 Å². The summed E-state index contributed by atoms with van der Waals surface area (Å²) in [5.74, 6) is -11.5. The molecule has 0 aromatic heterocycles. The molecule has 7 aliphatic rings. The molecule has 6 N–H and O–H groups in total. The second-order valence-electron chi connectivity index (χ2n) is 19.4. The van der Waals surface area contributed by atoms with Crippen LogP contribution in [0.4, 0.5) is 0 Å². The van der Waals surface area contributed by atoms with Gasteiger partial charge in [0.2, 0.25) is 5.79 Å². The molecular weight excluding hydrogens is 746 g/mol. The number of aliphatic hydroxyl groups is 6. The Morgan fingerprint density at radius 3 is 2.12 bits per heavy atom. The standard InChI is InChI=1S/C41H63NO15/c1-10-19(3)34(47)56-33-28(46)27-23(17-42-16-18(2)11-12-25(42)38(27,9)50)24-15-39-32(40(24,33)51)30(54-22(6)45)29(53-21(5)44)31-36(39,7)14-13-26(41(31,52)57-39)55-35(48)37(8,49)20(4)43/h18-20,23-33,43,46,49-52H,10-17H2,1-9H3/t18-,19+,20+,23-,24+,25-,26-,27+,28-,29-,30+,31-,32+,33-,36+,37-,38+,39+,40+,41+/m1/s1. The van der Waals surface area contributed by atoms with E-state index in [9.17, 15) is 49.8 Å². The van der Waals surface area contributed by atoms with Crippen LogP contribution in [0.1, 0.15) is 101 Å². The molecule has 0 radical (unpaired) electrons. The summed E-state index contributed by atoms with van der Waals surface area (Å²) in [6.07, 6.45) is -7.41. The summed E-state index contributed by atoms with van der Waals surface area (Å²) in [6, 6.07) is -0.329. The Morgan fingerprint density at radius 1 is 0.930 bits per heavy atom. The maximum atomic E-state index is 13.9. The first-order chi connectivity index (χ1) is 26.3. The van der Waals surface area contributed by atoms with E-state index < -0.39 is 130 Å². The first-order valence-electron chi connectivity index (χ1n) is 20.8. The topological polar surface area (TPSA) is 239 Å². The number of esters is 4. The number of ether oxygens (including phenoxy) is 5. The van der Waals surface area contributed by atoms with Gasteiger partial charge in [-0.05, 0) is 77.0 Å². The number of fused-ring (bicyclic) bond motifs is 5. The SMILES string of the molecule is CC[C@H](C)C(=O)O[C@@H]1[C@H](O)[C@@H]2[C@H](CN3C[C@H](C)CC[C@@H]3[C@]2(C)O)[C@@H]2C[C@@]34O[C@@]5(O)[C@H](OC(=O)[C@](C)(O)[C@H](C)O)CC[C@@]3(C)[C@H]5[C@H](OC(C)=O)[C@H](OC(C)=O)[C@@H]4[C@]12O. The molecule has 3 heterocycles.